The van der Waals surface area contributed by atoms with Crippen LogP contribution in [-0.4, -0.2) is 43.2 Å². The summed E-state index contributed by atoms with van der Waals surface area (Å²) in [4.78, 5) is 23.3. The van der Waals surface area contributed by atoms with E-state index in [1.807, 2.05) is 0 Å². The Hall–Kier alpha value is -2.14. The van der Waals surface area contributed by atoms with Gasteiger partial charge in [-0.3, -0.25) is 4.79 Å². The van der Waals surface area contributed by atoms with Gasteiger partial charge in [0, 0.05) is 18.5 Å². The first kappa shape index (κ1) is 25.9. The van der Waals surface area contributed by atoms with Crippen molar-refractivity contribution in [1.82, 2.24) is 4.90 Å². The molecule has 158 valence electrons. The number of carbonyl (C=O) groups is 2. The quantitative estimate of drug-likeness (QED) is 0.491. The number of ether oxygens (including phenoxy) is 1. The van der Waals surface area contributed by atoms with E-state index in [1.54, 1.807) is 6.92 Å². The maximum Gasteiger partial charge on any atom is 0.327 e. The minimum Gasteiger partial charge on any atom is -0.478 e. The van der Waals surface area contributed by atoms with E-state index in [-0.39, 0.29) is 12.0 Å². The van der Waals surface area contributed by atoms with Gasteiger partial charge in [-0.25, -0.2) is 4.79 Å². The number of methoxy groups -OCH3 is 1. The highest BCUT2D eigenvalue weighted by molar-refractivity contribution is 5.79. The van der Waals surface area contributed by atoms with E-state index < -0.39 is 5.97 Å². The van der Waals surface area contributed by atoms with E-state index in [0.29, 0.717) is 18.3 Å². The molecule has 1 aromatic carbocycles. The van der Waals surface area contributed by atoms with Gasteiger partial charge in [-0.2, -0.15) is 0 Å². The fourth-order valence-electron chi connectivity index (χ4n) is 3.15. The van der Waals surface area contributed by atoms with Crippen LogP contribution in [0.15, 0.2) is 30.4 Å². The van der Waals surface area contributed by atoms with Gasteiger partial charge in [-0.15, -0.1) is 0 Å². The first-order valence-corrected chi connectivity index (χ1v) is 9.78. The third kappa shape index (κ3) is 8.70. The van der Waals surface area contributed by atoms with Crippen LogP contribution in [-0.2, 0) is 14.3 Å². The normalized spacial score (nSPS) is 12.2. The van der Waals surface area contributed by atoms with Crippen molar-refractivity contribution in [3.05, 3.63) is 47.0 Å². The predicted molar refractivity (Wildman–Crippen MR) is 115 cm³/mol. The van der Waals surface area contributed by atoms with Crippen LogP contribution >= 0.6 is 0 Å². The average Bonchev–Trinajstić information content (AvgIpc) is 2.61. The topological polar surface area (TPSA) is 66.8 Å². The van der Waals surface area contributed by atoms with Gasteiger partial charge in [0.1, 0.15) is 0 Å². The lowest BCUT2D eigenvalue weighted by Crippen LogP contribution is -2.24. The lowest BCUT2D eigenvalue weighted by atomic mass is 9.83. The molecular weight excluding hydrogens is 354 g/mol. The maximum atomic E-state index is 11.6. The molecular formula is C23H37NO4. The molecule has 0 saturated heterocycles. The van der Waals surface area contributed by atoms with E-state index in [4.69, 9.17) is 9.84 Å². The molecule has 0 fully saturated rings. The monoisotopic (exact) mass is 391 g/mol. The van der Waals surface area contributed by atoms with Gasteiger partial charge >= 0.3 is 11.9 Å². The number of benzene rings is 1. The molecule has 0 aliphatic carbocycles. The molecule has 5 heteroatoms. The van der Waals surface area contributed by atoms with Crippen LogP contribution in [0.25, 0.3) is 0 Å². The van der Waals surface area contributed by atoms with Crippen LogP contribution in [0.2, 0.25) is 0 Å². The van der Waals surface area contributed by atoms with Crippen LogP contribution in [0.1, 0.15) is 82.0 Å². The number of rotatable bonds is 8. The Labute approximate surface area is 170 Å². The van der Waals surface area contributed by atoms with E-state index >= 15 is 0 Å². The summed E-state index contributed by atoms with van der Waals surface area (Å²) in [6.45, 7) is 10.6. The second-order valence-corrected chi connectivity index (χ2v) is 7.59. The smallest absolute Gasteiger partial charge is 0.327 e. The molecule has 1 atom stereocenters. The number of allylic oxidation sites excluding steroid dienone is 1. The summed E-state index contributed by atoms with van der Waals surface area (Å²) >= 11 is 0. The molecule has 28 heavy (non-hydrogen) atoms. The van der Waals surface area contributed by atoms with Gasteiger partial charge in [0.25, 0.3) is 0 Å². The summed E-state index contributed by atoms with van der Waals surface area (Å²) in [5, 5.41) is 7.83. The highest BCUT2D eigenvalue weighted by atomic mass is 16.5. The van der Waals surface area contributed by atoms with E-state index in [2.05, 4.69) is 64.9 Å². The molecule has 0 bridgehead atoms. The van der Waals surface area contributed by atoms with Crippen LogP contribution in [0.4, 0.5) is 0 Å². The fraction of sp³-hybridized carbons (Fsp3) is 0.565. The highest BCUT2D eigenvalue weighted by Crippen LogP contribution is 2.36. The molecule has 0 saturated carbocycles. The number of hydrogen-bond acceptors (Lipinski definition) is 4. The Morgan fingerprint density at radius 1 is 1.11 bits per heavy atom. The zero-order valence-corrected chi connectivity index (χ0v) is 18.7. The van der Waals surface area contributed by atoms with Gasteiger partial charge in [0.05, 0.1) is 7.11 Å². The van der Waals surface area contributed by atoms with Gasteiger partial charge in [0.2, 0.25) is 0 Å². The molecule has 5 nitrogen and oxygen atoms in total. The molecule has 0 heterocycles. The molecule has 0 aliphatic rings. The molecule has 1 rings (SSSR count). The fourth-order valence-corrected chi connectivity index (χ4v) is 3.15. The van der Waals surface area contributed by atoms with Crippen molar-refractivity contribution < 1.29 is 19.4 Å². The van der Waals surface area contributed by atoms with E-state index in [0.717, 1.165) is 12.5 Å². The molecule has 1 N–H and O–H groups in total. The number of carbonyl (C=O) groups excluding carboxylic acids is 1. The number of esters is 1. The van der Waals surface area contributed by atoms with Crippen LogP contribution < -0.4 is 0 Å². The van der Waals surface area contributed by atoms with Crippen molar-refractivity contribution in [2.24, 2.45) is 0 Å². The number of carboxylic acids is 1. The number of nitrogens with zero attached hydrogens (tertiary/aromatic N) is 1. The molecule has 1 aromatic rings. The largest absolute Gasteiger partial charge is 0.478 e. The van der Waals surface area contributed by atoms with Gasteiger partial charge in [-0.05, 0) is 56.0 Å². The zero-order valence-electron chi connectivity index (χ0n) is 18.7. The lowest BCUT2D eigenvalue weighted by molar-refractivity contribution is -0.141. The molecule has 0 amide bonds. The predicted octanol–water partition coefficient (Wildman–Crippen LogP) is 5.14. The maximum absolute atomic E-state index is 11.6. The van der Waals surface area contributed by atoms with E-state index in [9.17, 15) is 9.59 Å². The Morgan fingerprint density at radius 3 is 1.89 bits per heavy atom. The highest BCUT2D eigenvalue weighted by Gasteiger charge is 2.24. The van der Waals surface area contributed by atoms with Crippen LogP contribution in [0, 0.1) is 0 Å². The van der Waals surface area contributed by atoms with Crippen molar-refractivity contribution in [2.45, 2.75) is 65.3 Å². The second-order valence-electron chi connectivity index (χ2n) is 7.59. The van der Waals surface area contributed by atoms with Gasteiger partial charge in [-0.1, -0.05) is 52.0 Å². The third-order valence-electron chi connectivity index (χ3n) is 4.53. The van der Waals surface area contributed by atoms with Crippen LogP contribution in [0.5, 0.6) is 0 Å². The SMILES string of the molecule is C/C=C/C(=O)O.COC(=O)CCC(c1c(C(C)C)cccc1C(C)C)N(C)C. The summed E-state index contributed by atoms with van der Waals surface area (Å²) in [6.07, 6.45) is 3.79. The summed E-state index contributed by atoms with van der Waals surface area (Å²) in [5.74, 6) is -0.0963. The Morgan fingerprint density at radius 2 is 1.61 bits per heavy atom. The Kier molecular flexibility index (Phi) is 12.1. The van der Waals surface area contributed by atoms with Crippen molar-refractivity contribution in [3.63, 3.8) is 0 Å². The minimum absolute atomic E-state index is 0.139. The Balaban J connectivity index is 0.00000105. The number of carboxylic acid groups (broad SMARTS) is 1. The van der Waals surface area contributed by atoms with Crippen LogP contribution in [0.3, 0.4) is 0 Å². The Bertz CT molecular complexity index is 622. The van der Waals surface area contributed by atoms with Gasteiger partial charge in [0.15, 0.2) is 0 Å². The lowest BCUT2D eigenvalue weighted by Gasteiger charge is -2.31. The summed E-state index contributed by atoms with van der Waals surface area (Å²) < 4.78 is 4.81. The minimum atomic E-state index is -0.891. The second kappa shape index (κ2) is 13.1. The number of hydrogen-bond donors (Lipinski definition) is 1. The third-order valence-corrected chi connectivity index (χ3v) is 4.53. The molecule has 0 radical (unpaired) electrons. The first-order valence-electron chi connectivity index (χ1n) is 9.78. The number of aliphatic carboxylic acids is 1. The molecule has 1 unspecified atom stereocenters. The summed E-state index contributed by atoms with van der Waals surface area (Å²) in [7, 11) is 5.63. The summed E-state index contributed by atoms with van der Waals surface area (Å²) in [5.41, 5.74) is 4.16. The van der Waals surface area contributed by atoms with Crippen molar-refractivity contribution in [3.8, 4) is 0 Å². The van der Waals surface area contributed by atoms with Crippen molar-refractivity contribution >= 4 is 11.9 Å². The first-order chi connectivity index (χ1) is 13.1. The molecule has 0 aliphatic heterocycles. The standard InChI is InChI=1S/C19H31NO2.C4H6O2/c1-13(2)15-9-8-10-16(14(3)4)19(15)17(20(5)6)11-12-18(21)22-7;1-2-3-4(5)6/h8-10,13-14,17H,11-12H2,1-7H3;2-3H,1H3,(H,5,6)/b;3-2+. The van der Waals surface area contributed by atoms with E-state index in [1.165, 1.54) is 29.9 Å². The van der Waals surface area contributed by atoms with Crippen molar-refractivity contribution in [2.75, 3.05) is 21.2 Å². The summed E-state index contributed by atoms with van der Waals surface area (Å²) in [6, 6.07) is 6.83. The van der Waals surface area contributed by atoms with Gasteiger partial charge < -0.3 is 14.7 Å². The zero-order chi connectivity index (χ0) is 21.9. The average molecular weight is 392 g/mol. The van der Waals surface area contributed by atoms with Crippen molar-refractivity contribution in [1.29, 1.82) is 0 Å². The molecule has 0 spiro atoms. The molecule has 0 aromatic heterocycles.